The molecule has 0 aliphatic carbocycles. The molecule has 0 bridgehead atoms. The SMILES string of the molecule is CC(C)(C)OC(=O)CNc1cccc(F)c1. The molecule has 0 aromatic heterocycles. The largest absolute Gasteiger partial charge is 0.459 e. The zero-order chi connectivity index (χ0) is 12.2. The molecular weight excluding hydrogens is 209 g/mol. The second kappa shape index (κ2) is 4.96. The normalized spacial score (nSPS) is 11.0. The van der Waals surface area contributed by atoms with Crippen molar-refractivity contribution in [2.24, 2.45) is 0 Å². The first kappa shape index (κ1) is 12.5. The van der Waals surface area contributed by atoms with Crippen LogP contribution in [-0.2, 0) is 9.53 Å². The van der Waals surface area contributed by atoms with Crippen LogP contribution in [0, 0.1) is 5.82 Å². The monoisotopic (exact) mass is 225 g/mol. The van der Waals surface area contributed by atoms with E-state index < -0.39 is 5.60 Å². The van der Waals surface area contributed by atoms with E-state index in [9.17, 15) is 9.18 Å². The van der Waals surface area contributed by atoms with Crippen molar-refractivity contribution >= 4 is 11.7 Å². The molecule has 0 heterocycles. The van der Waals surface area contributed by atoms with E-state index in [0.717, 1.165) is 0 Å². The molecule has 0 radical (unpaired) electrons. The standard InChI is InChI=1S/C12H16FNO2/c1-12(2,3)16-11(15)8-14-10-6-4-5-9(13)7-10/h4-7,14H,8H2,1-3H3. The van der Waals surface area contributed by atoms with Crippen molar-refractivity contribution in [1.82, 2.24) is 0 Å². The summed E-state index contributed by atoms with van der Waals surface area (Å²) in [6.07, 6.45) is 0. The summed E-state index contributed by atoms with van der Waals surface area (Å²) in [5.41, 5.74) is 0.0617. The first-order chi connectivity index (χ1) is 7.37. The van der Waals surface area contributed by atoms with Gasteiger partial charge in [-0.15, -0.1) is 0 Å². The highest BCUT2D eigenvalue weighted by Gasteiger charge is 2.15. The fraction of sp³-hybridized carbons (Fsp3) is 0.417. The van der Waals surface area contributed by atoms with Gasteiger partial charge in [0.15, 0.2) is 0 Å². The van der Waals surface area contributed by atoms with E-state index in [0.29, 0.717) is 5.69 Å². The van der Waals surface area contributed by atoms with Crippen LogP contribution in [0.2, 0.25) is 0 Å². The van der Waals surface area contributed by atoms with E-state index >= 15 is 0 Å². The summed E-state index contributed by atoms with van der Waals surface area (Å²) < 4.78 is 17.9. The number of rotatable bonds is 3. The Morgan fingerprint density at radius 3 is 2.69 bits per heavy atom. The lowest BCUT2D eigenvalue weighted by Crippen LogP contribution is -2.28. The van der Waals surface area contributed by atoms with Gasteiger partial charge in [-0.05, 0) is 39.0 Å². The fourth-order valence-electron chi connectivity index (χ4n) is 1.15. The first-order valence-corrected chi connectivity index (χ1v) is 5.08. The lowest BCUT2D eigenvalue weighted by atomic mass is 10.2. The summed E-state index contributed by atoms with van der Waals surface area (Å²) >= 11 is 0. The van der Waals surface area contributed by atoms with Gasteiger partial charge in [0, 0.05) is 5.69 Å². The van der Waals surface area contributed by atoms with E-state index in [-0.39, 0.29) is 18.3 Å². The molecule has 0 saturated carbocycles. The molecule has 88 valence electrons. The zero-order valence-corrected chi connectivity index (χ0v) is 9.71. The van der Waals surface area contributed by atoms with Gasteiger partial charge < -0.3 is 10.1 Å². The highest BCUT2D eigenvalue weighted by molar-refractivity contribution is 5.75. The zero-order valence-electron chi connectivity index (χ0n) is 9.71. The second-order valence-electron chi connectivity index (χ2n) is 4.45. The van der Waals surface area contributed by atoms with Crippen LogP contribution in [-0.4, -0.2) is 18.1 Å². The Bertz CT molecular complexity index is 372. The number of halogens is 1. The summed E-state index contributed by atoms with van der Waals surface area (Å²) in [5.74, 6) is -0.703. The lowest BCUT2D eigenvalue weighted by Gasteiger charge is -2.19. The first-order valence-electron chi connectivity index (χ1n) is 5.08. The van der Waals surface area contributed by atoms with Crippen LogP contribution in [0.1, 0.15) is 20.8 Å². The Kier molecular flexibility index (Phi) is 3.88. The second-order valence-corrected chi connectivity index (χ2v) is 4.45. The summed E-state index contributed by atoms with van der Waals surface area (Å²) in [5, 5.41) is 2.79. The third-order valence-corrected chi connectivity index (χ3v) is 1.68. The minimum absolute atomic E-state index is 0.0285. The molecule has 0 amide bonds. The number of carbonyl (C=O) groups is 1. The predicted octanol–water partition coefficient (Wildman–Crippen LogP) is 2.58. The predicted molar refractivity (Wildman–Crippen MR) is 60.7 cm³/mol. The Morgan fingerprint density at radius 2 is 2.12 bits per heavy atom. The van der Waals surface area contributed by atoms with Crippen molar-refractivity contribution in [2.45, 2.75) is 26.4 Å². The van der Waals surface area contributed by atoms with Crippen LogP contribution in [0.3, 0.4) is 0 Å². The van der Waals surface area contributed by atoms with Gasteiger partial charge in [0.05, 0.1) is 0 Å². The van der Waals surface area contributed by atoms with Gasteiger partial charge in [0.2, 0.25) is 0 Å². The van der Waals surface area contributed by atoms with Crippen LogP contribution in [0.4, 0.5) is 10.1 Å². The number of ether oxygens (including phenoxy) is 1. The van der Waals surface area contributed by atoms with Gasteiger partial charge >= 0.3 is 5.97 Å². The quantitative estimate of drug-likeness (QED) is 0.803. The number of hydrogen-bond donors (Lipinski definition) is 1. The van der Waals surface area contributed by atoms with Crippen LogP contribution >= 0.6 is 0 Å². The van der Waals surface area contributed by atoms with Gasteiger partial charge in [0.1, 0.15) is 18.0 Å². The molecule has 0 fully saturated rings. The molecule has 0 saturated heterocycles. The van der Waals surface area contributed by atoms with Crippen LogP contribution < -0.4 is 5.32 Å². The molecule has 1 N–H and O–H groups in total. The van der Waals surface area contributed by atoms with Crippen molar-refractivity contribution in [1.29, 1.82) is 0 Å². The third kappa shape index (κ3) is 4.77. The lowest BCUT2D eigenvalue weighted by molar-refractivity contribution is -0.152. The molecule has 0 aliphatic rings. The fourth-order valence-corrected chi connectivity index (χ4v) is 1.15. The topological polar surface area (TPSA) is 38.3 Å². The van der Waals surface area contributed by atoms with Gasteiger partial charge in [-0.3, -0.25) is 4.79 Å². The van der Waals surface area contributed by atoms with E-state index in [1.54, 1.807) is 32.9 Å². The molecule has 0 unspecified atom stereocenters. The smallest absolute Gasteiger partial charge is 0.325 e. The minimum Gasteiger partial charge on any atom is -0.459 e. The Balaban J connectivity index is 2.43. The molecule has 3 nitrogen and oxygen atoms in total. The minimum atomic E-state index is -0.499. The average molecular weight is 225 g/mol. The van der Waals surface area contributed by atoms with Crippen molar-refractivity contribution in [3.63, 3.8) is 0 Å². The maximum Gasteiger partial charge on any atom is 0.325 e. The summed E-state index contributed by atoms with van der Waals surface area (Å²) in [6.45, 7) is 5.42. The molecule has 1 aromatic carbocycles. The van der Waals surface area contributed by atoms with Crippen molar-refractivity contribution in [3.8, 4) is 0 Å². The molecule has 0 aliphatic heterocycles. The Morgan fingerprint density at radius 1 is 1.44 bits per heavy atom. The summed E-state index contributed by atoms with van der Waals surface area (Å²) in [7, 11) is 0. The number of benzene rings is 1. The van der Waals surface area contributed by atoms with E-state index in [1.807, 2.05) is 0 Å². The maximum absolute atomic E-state index is 12.8. The van der Waals surface area contributed by atoms with Gasteiger partial charge in [0.25, 0.3) is 0 Å². The maximum atomic E-state index is 12.8. The Labute approximate surface area is 94.6 Å². The number of esters is 1. The highest BCUT2D eigenvalue weighted by atomic mass is 19.1. The molecule has 1 aromatic rings. The molecule has 0 atom stereocenters. The number of anilines is 1. The number of carbonyl (C=O) groups excluding carboxylic acids is 1. The number of nitrogens with one attached hydrogen (secondary N) is 1. The van der Waals surface area contributed by atoms with E-state index in [1.165, 1.54) is 12.1 Å². The highest BCUT2D eigenvalue weighted by Crippen LogP contribution is 2.10. The van der Waals surface area contributed by atoms with Crippen LogP contribution in [0.25, 0.3) is 0 Å². The van der Waals surface area contributed by atoms with Gasteiger partial charge in [-0.2, -0.15) is 0 Å². The average Bonchev–Trinajstić information content (AvgIpc) is 2.12. The molecule has 1 rings (SSSR count). The van der Waals surface area contributed by atoms with Crippen LogP contribution in [0.5, 0.6) is 0 Å². The summed E-state index contributed by atoms with van der Waals surface area (Å²) in [6, 6.07) is 5.93. The molecule has 0 spiro atoms. The van der Waals surface area contributed by atoms with Crippen molar-refractivity contribution < 1.29 is 13.9 Å². The molecule has 4 heteroatoms. The third-order valence-electron chi connectivity index (χ3n) is 1.68. The summed E-state index contributed by atoms with van der Waals surface area (Å²) in [4.78, 5) is 11.3. The molecule has 16 heavy (non-hydrogen) atoms. The van der Waals surface area contributed by atoms with Gasteiger partial charge in [-0.1, -0.05) is 6.07 Å². The van der Waals surface area contributed by atoms with Crippen molar-refractivity contribution in [3.05, 3.63) is 30.1 Å². The van der Waals surface area contributed by atoms with E-state index in [4.69, 9.17) is 4.74 Å². The van der Waals surface area contributed by atoms with Gasteiger partial charge in [-0.25, -0.2) is 4.39 Å². The molecular formula is C12H16FNO2. The Hall–Kier alpha value is -1.58. The van der Waals surface area contributed by atoms with E-state index in [2.05, 4.69) is 5.32 Å². The van der Waals surface area contributed by atoms with Crippen LogP contribution in [0.15, 0.2) is 24.3 Å². The number of hydrogen-bond acceptors (Lipinski definition) is 3. The van der Waals surface area contributed by atoms with Crippen molar-refractivity contribution in [2.75, 3.05) is 11.9 Å².